The van der Waals surface area contributed by atoms with Crippen molar-refractivity contribution in [1.82, 2.24) is 0 Å². The van der Waals surface area contributed by atoms with Gasteiger partial charge in [0.1, 0.15) is 7.14 Å². The molecule has 0 aromatic heterocycles. The van der Waals surface area contributed by atoms with Crippen molar-refractivity contribution < 1.29 is 4.57 Å². The van der Waals surface area contributed by atoms with Crippen molar-refractivity contribution in [2.75, 3.05) is 12.3 Å². The molecule has 86 valence electrons. The van der Waals surface area contributed by atoms with E-state index in [9.17, 15) is 4.57 Å². The SMILES string of the molecule is C=CCP1(=O)CCc2ccc3ccccc3c21. The molecule has 0 saturated carbocycles. The number of hydrogen-bond donors (Lipinski definition) is 0. The Morgan fingerprint density at radius 1 is 1.24 bits per heavy atom. The summed E-state index contributed by atoms with van der Waals surface area (Å²) in [6.45, 7) is 3.75. The fourth-order valence-electron chi connectivity index (χ4n) is 2.79. The smallest absolute Gasteiger partial charge is 0.120 e. The van der Waals surface area contributed by atoms with Crippen molar-refractivity contribution in [2.45, 2.75) is 6.42 Å². The number of hydrogen-bond acceptors (Lipinski definition) is 1. The zero-order chi connectivity index (χ0) is 11.9. The van der Waals surface area contributed by atoms with Gasteiger partial charge in [0.2, 0.25) is 0 Å². The van der Waals surface area contributed by atoms with Crippen molar-refractivity contribution in [3.8, 4) is 0 Å². The molecule has 1 aliphatic rings. The largest absolute Gasteiger partial charge is 0.318 e. The lowest BCUT2D eigenvalue weighted by molar-refractivity contribution is 0.584. The predicted octanol–water partition coefficient (Wildman–Crippen LogP) is 3.57. The third kappa shape index (κ3) is 1.57. The van der Waals surface area contributed by atoms with E-state index in [-0.39, 0.29) is 0 Å². The fourth-order valence-corrected chi connectivity index (χ4v) is 5.75. The highest BCUT2D eigenvalue weighted by molar-refractivity contribution is 7.72. The minimum absolute atomic E-state index is 0.633. The van der Waals surface area contributed by atoms with E-state index in [1.807, 2.05) is 12.1 Å². The van der Waals surface area contributed by atoms with Crippen LogP contribution in [0.3, 0.4) is 0 Å². The quantitative estimate of drug-likeness (QED) is 0.581. The molecule has 0 radical (unpaired) electrons. The molecule has 3 rings (SSSR count). The van der Waals surface area contributed by atoms with Crippen LogP contribution in [-0.2, 0) is 11.0 Å². The third-order valence-electron chi connectivity index (χ3n) is 3.56. The summed E-state index contributed by atoms with van der Waals surface area (Å²) in [5.41, 5.74) is 1.27. The zero-order valence-corrected chi connectivity index (χ0v) is 10.6. The first-order valence-corrected chi connectivity index (χ1v) is 8.02. The predicted molar refractivity (Wildman–Crippen MR) is 74.8 cm³/mol. The standard InChI is InChI=1S/C15H15OP/c1-2-10-17(16)11-9-13-8-7-12-5-3-4-6-14(12)15(13)17/h2-8H,1,9-11H2. The first-order chi connectivity index (χ1) is 8.24. The van der Waals surface area contributed by atoms with Gasteiger partial charge in [-0.3, -0.25) is 0 Å². The van der Waals surface area contributed by atoms with Crippen LogP contribution in [0.1, 0.15) is 5.56 Å². The summed E-state index contributed by atoms with van der Waals surface area (Å²) >= 11 is 0. The molecular weight excluding hydrogens is 227 g/mol. The maximum atomic E-state index is 13.0. The average molecular weight is 242 g/mol. The van der Waals surface area contributed by atoms with Crippen LogP contribution in [0.4, 0.5) is 0 Å². The lowest BCUT2D eigenvalue weighted by atomic mass is 10.1. The van der Waals surface area contributed by atoms with Gasteiger partial charge in [-0.15, -0.1) is 6.58 Å². The van der Waals surface area contributed by atoms with Crippen molar-refractivity contribution >= 4 is 23.2 Å². The molecule has 2 heteroatoms. The Morgan fingerprint density at radius 2 is 2.06 bits per heavy atom. The van der Waals surface area contributed by atoms with Crippen LogP contribution in [0, 0.1) is 0 Å². The topological polar surface area (TPSA) is 17.1 Å². The minimum atomic E-state index is -2.22. The Morgan fingerprint density at radius 3 is 2.88 bits per heavy atom. The van der Waals surface area contributed by atoms with Crippen LogP contribution in [0.25, 0.3) is 10.8 Å². The molecule has 1 nitrogen and oxygen atoms in total. The lowest BCUT2D eigenvalue weighted by Crippen LogP contribution is -2.07. The maximum absolute atomic E-state index is 13.0. The zero-order valence-electron chi connectivity index (χ0n) is 9.73. The van der Waals surface area contributed by atoms with E-state index in [4.69, 9.17) is 0 Å². The van der Waals surface area contributed by atoms with Crippen LogP contribution in [-0.4, -0.2) is 12.3 Å². The first-order valence-electron chi connectivity index (χ1n) is 5.95. The molecule has 1 heterocycles. The van der Waals surface area contributed by atoms with Gasteiger partial charge in [-0.1, -0.05) is 42.5 Å². The Bertz CT molecular complexity index is 642. The van der Waals surface area contributed by atoms with E-state index in [0.29, 0.717) is 6.16 Å². The molecule has 2 aromatic rings. The van der Waals surface area contributed by atoms with Gasteiger partial charge in [-0.05, 0) is 22.8 Å². The van der Waals surface area contributed by atoms with Gasteiger partial charge in [0.25, 0.3) is 0 Å². The van der Waals surface area contributed by atoms with E-state index in [2.05, 4.69) is 30.8 Å². The summed E-state index contributed by atoms with van der Waals surface area (Å²) < 4.78 is 13.0. The highest BCUT2D eigenvalue weighted by Gasteiger charge is 2.33. The van der Waals surface area contributed by atoms with Crippen molar-refractivity contribution in [3.63, 3.8) is 0 Å². The molecule has 0 aliphatic carbocycles. The molecule has 0 N–H and O–H groups in total. The fraction of sp³-hybridized carbons (Fsp3) is 0.200. The number of benzene rings is 2. The second kappa shape index (κ2) is 3.85. The Balaban J connectivity index is 2.35. The van der Waals surface area contributed by atoms with E-state index < -0.39 is 7.14 Å². The summed E-state index contributed by atoms with van der Waals surface area (Å²) in [5, 5.41) is 3.49. The summed E-state index contributed by atoms with van der Waals surface area (Å²) in [6.07, 6.45) is 4.19. The third-order valence-corrected chi connectivity index (χ3v) is 6.70. The number of rotatable bonds is 2. The van der Waals surface area contributed by atoms with Gasteiger partial charge >= 0.3 is 0 Å². The van der Waals surface area contributed by atoms with Gasteiger partial charge < -0.3 is 4.57 Å². The summed E-state index contributed by atoms with van der Waals surface area (Å²) in [5.74, 6) is 0. The van der Waals surface area contributed by atoms with Crippen molar-refractivity contribution in [1.29, 1.82) is 0 Å². The van der Waals surface area contributed by atoms with Crippen LogP contribution in [0.2, 0.25) is 0 Å². The van der Waals surface area contributed by atoms with Gasteiger partial charge in [-0.2, -0.15) is 0 Å². The number of fused-ring (bicyclic) bond motifs is 3. The van der Waals surface area contributed by atoms with Gasteiger partial charge in [0, 0.05) is 17.6 Å². The molecule has 17 heavy (non-hydrogen) atoms. The molecule has 2 aromatic carbocycles. The van der Waals surface area contributed by atoms with Gasteiger partial charge in [-0.25, -0.2) is 0 Å². The van der Waals surface area contributed by atoms with E-state index in [0.717, 1.165) is 17.9 Å². The summed E-state index contributed by atoms with van der Waals surface area (Å²) in [4.78, 5) is 0. The van der Waals surface area contributed by atoms with Crippen molar-refractivity contribution in [2.24, 2.45) is 0 Å². The van der Waals surface area contributed by atoms with E-state index in [1.165, 1.54) is 16.3 Å². The maximum Gasteiger partial charge on any atom is 0.120 e. The summed E-state index contributed by atoms with van der Waals surface area (Å²) in [7, 11) is -2.22. The highest BCUT2D eigenvalue weighted by atomic mass is 31.2. The molecule has 0 spiro atoms. The van der Waals surface area contributed by atoms with E-state index >= 15 is 0 Å². The molecule has 1 atom stereocenters. The van der Waals surface area contributed by atoms with E-state index in [1.54, 1.807) is 6.08 Å². The first kappa shape index (κ1) is 10.8. The van der Waals surface area contributed by atoms with Crippen molar-refractivity contribution in [3.05, 3.63) is 54.6 Å². The molecule has 1 aliphatic heterocycles. The highest BCUT2D eigenvalue weighted by Crippen LogP contribution is 2.51. The number of aryl methyl sites for hydroxylation is 1. The van der Waals surface area contributed by atoms with Crippen LogP contribution >= 0.6 is 7.14 Å². The Labute approximate surface area is 102 Å². The molecule has 0 amide bonds. The Kier molecular flexibility index (Phi) is 2.45. The molecular formula is C15H15OP. The monoisotopic (exact) mass is 242 g/mol. The molecule has 1 unspecified atom stereocenters. The second-order valence-electron chi connectivity index (χ2n) is 4.63. The average Bonchev–Trinajstić information content (AvgIpc) is 2.68. The van der Waals surface area contributed by atoms with Crippen LogP contribution < -0.4 is 5.30 Å². The normalized spacial score (nSPS) is 22.6. The Hall–Kier alpha value is -1.33. The lowest BCUT2D eigenvalue weighted by Gasteiger charge is -2.13. The van der Waals surface area contributed by atoms with Gasteiger partial charge in [0.15, 0.2) is 0 Å². The molecule has 0 saturated heterocycles. The second-order valence-corrected chi connectivity index (χ2v) is 7.67. The molecule has 0 bridgehead atoms. The minimum Gasteiger partial charge on any atom is -0.318 e. The van der Waals surface area contributed by atoms with Gasteiger partial charge in [0.05, 0.1) is 0 Å². The van der Waals surface area contributed by atoms with Crippen LogP contribution in [0.5, 0.6) is 0 Å². The van der Waals surface area contributed by atoms with Crippen LogP contribution in [0.15, 0.2) is 49.1 Å². The molecule has 0 fully saturated rings. The summed E-state index contributed by atoms with van der Waals surface area (Å²) in [6, 6.07) is 12.5. The number of allylic oxidation sites excluding steroid dienone is 1.